The van der Waals surface area contributed by atoms with Crippen LogP contribution in [-0.4, -0.2) is 16.9 Å². The third-order valence-corrected chi connectivity index (χ3v) is 2.25. The molecule has 17 heavy (non-hydrogen) atoms. The van der Waals surface area contributed by atoms with E-state index in [-0.39, 0.29) is 29.1 Å². The molecule has 1 atom stereocenters. The Hall–Kier alpha value is -1.66. The monoisotopic (exact) mass is 257 g/mol. The van der Waals surface area contributed by atoms with Crippen LogP contribution in [0.2, 0.25) is 5.02 Å². The van der Waals surface area contributed by atoms with Gasteiger partial charge in [-0.05, 0) is 19.1 Å². The normalized spacial score (nSPS) is 11.9. The molecule has 0 saturated heterocycles. The minimum absolute atomic E-state index is 0.0280. The van der Waals surface area contributed by atoms with Crippen molar-refractivity contribution in [3.8, 4) is 0 Å². The van der Waals surface area contributed by atoms with Crippen LogP contribution < -0.4 is 11.1 Å². The molecule has 0 saturated carbocycles. The van der Waals surface area contributed by atoms with Crippen molar-refractivity contribution in [2.75, 3.05) is 5.32 Å². The van der Waals surface area contributed by atoms with Gasteiger partial charge in [0.15, 0.2) is 0 Å². The van der Waals surface area contributed by atoms with Crippen molar-refractivity contribution in [1.29, 1.82) is 0 Å². The van der Waals surface area contributed by atoms with Crippen LogP contribution in [0.5, 0.6) is 0 Å². The number of hydrogen-bond donors (Lipinski definition) is 2. The van der Waals surface area contributed by atoms with Gasteiger partial charge in [0.25, 0.3) is 5.69 Å². The van der Waals surface area contributed by atoms with E-state index in [1.54, 1.807) is 6.92 Å². The predicted octanol–water partition coefficient (Wildman–Crippen LogP) is 1.92. The summed E-state index contributed by atoms with van der Waals surface area (Å²) >= 11 is 5.64. The Labute approximate surface area is 103 Å². The Morgan fingerprint density at radius 3 is 2.82 bits per heavy atom. The van der Waals surface area contributed by atoms with Crippen LogP contribution in [0.25, 0.3) is 0 Å². The number of benzene rings is 1. The van der Waals surface area contributed by atoms with E-state index in [0.717, 1.165) is 0 Å². The van der Waals surface area contributed by atoms with Crippen molar-refractivity contribution in [1.82, 2.24) is 0 Å². The van der Waals surface area contributed by atoms with E-state index in [1.807, 2.05) is 0 Å². The minimum Gasteiger partial charge on any atom is -0.327 e. The maximum Gasteiger partial charge on any atom is 0.289 e. The number of nitrogens with zero attached hydrogens (tertiary/aromatic N) is 1. The first-order chi connectivity index (χ1) is 7.90. The molecule has 0 aliphatic heterocycles. The summed E-state index contributed by atoms with van der Waals surface area (Å²) in [5, 5.41) is 13.2. The molecule has 1 aromatic carbocycles. The van der Waals surface area contributed by atoms with Gasteiger partial charge in [0.05, 0.1) is 4.92 Å². The predicted molar refractivity (Wildman–Crippen MR) is 65.0 cm³/mol. The van der Waals surface area contributed by atoms with Gasteiger partial charge in [0, 0.05) is 24.2 Å². The summed E-state index contributed by atoms with van der Waals surface area (Å²) in [6.07, 6.45) is 0.149. The van der Waals surface area contributed by atoms with Gasteiger partial charge < -0.3 is 11.1 Å². The highest BCUT2D eigenvalue weighted by molar-refractivity contribution is 6.32. The summed E-state index contributed by atoms with van der Waals surface area (Å²) in [5.41, 5.74) is 5.54. The molecule has 3 N–H and O–H groups in total. The van der Waals surface area contributed by atoms with Gasteiger partial charge in [-0.2, -0.15) is 0 Å². The quantitative estimate of drug-likeness (QED) is 0.636. The number of amides is 1. The first kappa shape index (κ1) is 13.4. The zero-order chi connectivity index (χ0) is 13.0. The molecule has 6 nitrogen and oxygen atoms in total. The topological polar surface area (TPSA) is 98.3 Å². The minimum atomic E-state index is -0.608. The van der Waals surface area contributed by atoms with Gasteiger partial charge in [0.1, 0.15) is 5.02 Å². The van der Waals surface area contributed by atoms with Crippen LogP contribution in [-0.2, 0) is 4.79 Å². The molecular formula is C10H12ClN3O3. The summed E-state index contributed by atoms with van der Waals surface area (Å²) in [6, 6.07) is 3.80. The number of carbonyl (C=O) groups excluding carboxylic acids is 1. The standard InChI is InChI=1S/C10H12ClN3O3/c1-6(12)4-10(15)13-7-2-3-8(11)9(5-7)14(16)17/h2-3,5-6H,4,12H2,1H3,(H,13,15). The average Bonchev–Trinajstić information content (AvgIpc) is 2.19. The molecule has 1 aromatic rings. The van der Waals surface area contributed by atoms with Gasteiger partial charge in [-0.15, -0.1) is 0 Å². The fourth-order valence-electron chi connectivity index (χ4n) is 1.23. The van der Waals surface area contributed by atoms with Gasteiger partial charge in [-0.25, -0.2) is 0 Å². The SMILES string of the molecule is CC(N)CC(=O)Nc1ccc(Cl)c([N+](=O)[O-])c1. The molecule has 0 heterocycles. The number of halogens is 1. The summed E-state index contributed by atoms with van der Waals surface area (Å²) in [4.78, 5) is 21.4. The van der Waals surface area contributed by atoms with Gasteiger partial charge >= 0.3 is 0 Å². The molecule has 1 unspecified atom stereocenters. The van der Waals surface area contributed by atoms with Crippen molar-refractivity contribution < 1.29 is 9.72 Å². The highest BCUT2D eigenvalue weighted by atomic mass is 35.5. The maximum absolute atomic E-state index is 11.4. The van der Waals surface area contributed by atoms with Crippen molar-refractivity contribution >= 4 is 28.9 Å². The molecular weight excluding hydrogens is 246 g/mol. The summed E-state index contributed by atoms with van der Waals surface area (Å²) < 4.78 is 0. The van der Waals surface area contributed by atoms with E-state index >= 15 is 0 Å². The van der Waals surface area contributed by atoms with Crippen LogP contribution in [0, 0.1) is 10.1 Å². The second-order valence-electron chi connectivity index (χ2n) is 3.65. The number of rotatable bonds is 4. The van der Waals surface area contributed by atoms with E-state index in [2.05, 4.69) is 5.32 Å². The third kappa shape index (κ3) is 4.01. The number of nitro groups is 1. The summed E-state index contributed by atoms with van der Waals surface area (Å²) in [7, 11) is 0. The van der Waals surface area contributed by atoms with Crippen molar-refractivity contribution in [2.45, 2.75) is 19.4 Å². The number of nitrogens with two attached hydrogens (primary N) is 1. The molecule has 0 aliphatic rings. The maximum atomic E-state index is 11.4. The number of carbonyl (C=O) groups is 1. The Kier molecular flexibility index (Phi) is 4.42. The Morgan fingerprint density at radius 2 is 2.29 bits per heavy atom. The second-order valence-corrected chi connectivity index (χ2v) is 4.06. The Morgan fingerprint density at radius 1 is 1.65 bits per heavy atom. The lowest BCUT2D eigenvalue weighted by Gasteiger charge is -2.07. The molecule has 0 spiro atoms. The molecule has 0 aliphatic carbocycles. The smallest absolute Gasteiger partial charge is 0.289 e. The fourth-order valence-corrected chi connectivity index (χ4v) is 1.42. The molecule has 0 bridgehead atoms. The van der Waals surface area contributed by atoms with Crippen LogP contribution in [0.15, 0.2) is 18.2 Å². The molecule has 1 amide bonds. The van der Waals surface area contributed by atoms with E-state index < -0.39 is 4.92 Å². The van der Waals surface area contributed by atoms with E-state index in [9.17, 15) is 14.9 Å². The molecule has 92 valence electrons. The number of nitro benzene ring substituents is 1. The van der Waals surface area contributed by atoms with Crippen molar-refractivity contribution in [2.24, 2.45) is 5.73 Å². The first-order valence-electron chi connectivity index (χ1n) is 4.89. The molecule has 1 rings (SSSR count). The Balaban J connectivity index is 2.82. The van der Waals surface area contributed by atoms with Crippen LogP contribution in [0.1, 0.15) is 13.3 Å². The number of hydrogen-bond acceptors (Lipinski definition) is 4. The fraction of sp³-hybridized carbons (Fsp3) is 0.300. The van der Waals surface area contributed by atoms with Crippen molar-refractivity contribution in [3.05, 3.63) is 33.3 Å². The lowest BCUT2D eigenvalue weighted by molar-refractivity contribution is -0.384. The van der Waals surface area contributed by atoms with E-state index in [4.69, 9.17) is 17.3 Å². The van der Waals surface area contributed by atoms with E-state index in [1.165, 1.54) is 18.2 Å². The summed E-state index contributed by atoms with van der Waals surface area (Å²) in [5.74, 6) is -0.295. The zero-order valence-electron chi connectivity index (χ0n) is 9.14. The second kappa shape index (κ2) is 5.60. The van der Waals surface area contributed by atoms with Gasteiger partial charge in [0.2, 0.25) is 5.91 Å². The zero-order valence-corrected chi connectivity index (χ0v) is 9.90. The Bertz CT molecular complexity index is 448. The number of anilines is 1. The third-order valence-electron chi connectivity index (χ3n) is 1.93. The number of nitrogens with one attached hydrogen (secondary N) is 1. The largest absolute Gasteiger partial charge is 0.327 e. The van der Waals surface area contributed by atoms with Gasteiger partial charge in [-0.3, -0.25) is 14.9 Å². The first-order valence-corrected chi connectivity index (χ1v) is 5.27. The van der Waals surface area contributed by atoms with Crippen LogP contribution in [0.3, 0.4) is 0 Å². The average molecular weight is 258 g/mol. The molecule has 0 radical (unpaired) electrons. The summed E-state index contributed by atoms with van der Waals surface area (Å²) in [6.45, 7) is 1.70. The van der Waals surface area contributed by atoms with Gasteiger partial charge in [-0.1, -0.05) is 11.6 Å². The molecule has 7 heteroatoms. The van der Waals surface area contributed by atoms with E-state index in [0.29, 0.717) is 5.69 Å². The highest BCUT2D eigenvalue weighted by Gasteiger charge is 2.14. The molecule has 0 fully saturated rings. The lowest BCUT2D eigenvalue weighted by atomic mass is 10.2. The van der Waals surface area contributed by atoms with Crippen molar-refractivity contribution in [3.63, 3.8) is 0 Å². The van der Waals surface area contributed by atoms with Crippen LogP contribution in [0.4, 0.5) is 11.4 Å². The lowest BCUT2D eigenvalue weighted by Crippen LogP contribution is -2.23. The molecule has 0 aromatic heterocycles. The highest BCUT2D eigenvalue weighted by Crippen LogP contribution is 2.27. The van der Waals surface area contributed by atoms with Crippen LogP contribution >= 0.6 is 11.6 Å².